The monoisotopic (exact) mass is 341 g/mol. The van der Waals surface area contributed by atoms with E-state index in [1.807, 2.05) is 18.2 Å². The number of thiol groups is 1. The molecular formula is C15H20BrNOS. The van der Waals surface area contributed by atoms with Crippen LogP contribution in [0.15, 0.2) is 27.6 Å². The third kappa shape index (κ3) is 3.76. The average Bonchev–Trinajstić information content (AvgIpc) is 2.39. The van der Waals surface area contributed by atoms with Crippen LogP contribution in [0.2, 0.25) is 0 Å². The highest BCUT2D eigenvalue weighted by Crippen LogP contribution is 2.27. The van der Waals surface area contributed by atoms with E-state index < -0.39 is 0 Å². The Kier molecular flexibility index (Phi) is 5.34. The lowest BCUT2D eigenvalue weighted by Crippen LogP contribution is -2.42. The van der Waals surface area contributed by atoms with Crippen molar-refractivity contribution in [2.45, 2.75) is 50.0 Å². The van der Waals surface area contributed by atoms with Gasteiger partial charge in [0, 0.05) is 15.4 Å². The zero-order chi connectivity index (χ0) is 13.8. The van der Waals surface area contributed by atoms with Crippen LogP contribution in [-0.4, -0.2) is 11.9 Å². The Morgan fingerprint density at radius 3 is 2.84 bits per heavy atom. The summed E-state index contributed by atoms with van der Waals surface area (Å²) in [5, 5.41) is 3.19. The predicted molar refractivity (Wildman–Crippen MR) is 84.9 cm³/mol. The first-order valence-electron chi connectivity index (χ1n) is 6.91. The summed E-state index contributed by atoms with van der Waals surface area (Å²) in [5.74, 6) is 0.624. The SMILES string of the molecule is CCC1CCCCC1NC(=O)c1ccc(Br)cc1S. The van der Waals surface area contributed by atoms with E-state index in [1.54, 1.807) is 0 Å². The van der Waals surface area contributed by atoms with Crippen molar-refractivity contribution in [2.24, 2.45) is 5.92 Å². The van der Waals surface area contributed by atoms with Gasteiger partial charge < -0.3 is 5.32 Å². The summed E-state index contributed by atoms with van der Waals surface area (Å²) in [6.45, 7) is 2.21. The molecule has 1 aliphatic rings. The van der Waals surface area contributed by atoms with Crippen molar-refractivity contribution in [3.8, 4) is 0 Å². The van der Waals surface area contributed by atoms with Gasteiger partial charge in [-0.15, -0.1) is 12.6 Å². The highest BCUT2D eigenvalue weighted by atomic mass is 79.9. The highest BCUT2D eigenvalue weighted by Gasteiger charge is 2.25. The zero-order valence-electron chi connectivity index (χ0n) is 11.2. The quantitative estimate of drug-likeness (QED) is 0.782. The zero-order valence-corrected chi connectivity index (χ0v) is 13.6. The smallest absolute Gasteiger partial charge is 0.252 e. The summed E-state index contributed by atoms with van der Waals surface area (Å²) in [7, 11) is 0. The maximum absolute atomic E-state index is 12.3. The molecule has 1 amide bonds. The second-order valence-electron chi connectivity index (χ2n) is 5.19. The first-order valence-corrected chi connectivity index (χ1v) is 8.15. The maximum Gasteiger partial charge on any atom is 0.252 e. The van der Waals surface area contributed by atoms with Crippen LogP contribution in [0.25, 0.3) is 0 Å². The Hall–Kier alpha value is -0.480. The second-order valence-corrected chi connectivity index (χ2v) is 6.59. The summed E-state index contributed by atoms with van der Waals surface area (Å²) in [4.78, 5) is 13.0. The van der Waals surface area contributed by atoms with Gasteiger partial charge in [0.1, 0.15) is 0 Å². The summed E-state index contributed by atoms with van der Waals surface area (Å²) in [5.41, 5.74) is 0.659. The molecular weight excluding hydrogens is 322 g/mol. The summed E-state index contributed by atoms with van der Waals surface area (Å²) in [6, 6.07) is 5.89. The molecule has 2 unspecified atom stereocenters. The Balaban J connectivity index is 2.07. The van der Waals surface area contributed by atoms with E-state index in [1.165, 1.54) is 19.3 Å². The Morgan fingerprint density at radius 2 is 2.16 bits per heavy atom. The molecule has 4 heteroatoms. The molecule has 104 valence electrons. The van der Waals surface area contributed by atoms with Gasteiger partial charge in [0.15, 0.2) is 0 Å². The minimum absolute atomic E-state index is 0.00264. The van der Waals surface area contributed by atoms with E-state index in [0.717, 1.165) is 22.2 Å². The van der Waals surface area contributed by atoms with Gasteiger partial charge in [0.05, 0.1) is 5.56 Å². The van der Waals surface area contributed by atoms with Gasteiger partial charge in [0.25, 0.3) is 5.91 Å². The lowest BCUT2D eigenvalue weighted by molar-refractivity contribution is 0.0902. The van der Waals surface area contributed by atoms with E-state index in [-0.39, 0.29) is 5.91 Å². The molecule has 0 aromatic heterocycles. The van der Waals surface area contributed by atoms with Gasteiger partial charge in [0.2, 0.25) is 0 Å². The van der Waals surface area contributed by atoms with E-state index in [2.05, 4.69) is 40.8 Å². The van der Waals surface area contributed by atoms with Crippen molar-refractivity contribution >= 4 is 34.5 Å². The molecule has 0 aliphatic heterocycles. The Labute approximate surface area is 128 Å². The number of hydrogen-bond acceptors (Lipinski definition) is 2. The Morgan fingerprint density at radius 1 is 1.42 bits per heavy atom. The van der Waals surface area contributed by atoms with Crippen molar-refractivity contribution in [3.05, 3.63) is 28.2 Å². The van der Waals surface area contributed by atoms with E-state index in [4.69, 9.17) is 0 Å². The summed E-state index contributed by atoms with van der Waals surface area (Å²) >= 11 is 7.76. The number of amides is 1. The van der Waals surface area contributed by atoms with E-state index in [0.29, 0.717) is 17.5 Å². The van der Waals surface area contributed by atoms with Gasteiger partial charge in [-0.2, -0.15) is 0 Å². The van der Waals surface area contributed by atoms with Crippen molar-refractivity contribution < 1.29 is 4.79 Å². The molecule has 2 rings (SSSR count). The molecule has 1 fully saturated rings. The fourth-order valence-corrected chi connectivity index (χ4v) is 3.68. The van der Waals surface area contributed by atoms with Crippen LogP contribution in [-0.2, 0) is 0 Å². The van der Waals surface area contributed by atoms with Crippen molar-refractivity contribution in [2.75, 3.05) is 0 Å². The fourth-order valence-electron chi connectivity index (χ4n) is 2.83. The van der Waals surface area contributed by atoms with Gasteiger partial charge in [-0.05, 0) is 37.0 Å². The number of carbonyl (C=O) groups excluding carboxylic acids is 1. The minimum Gasteiger partial charge on any atom is -0.349 e. The molecule has 0 spiro atoms. The normalized spacial score (nSPS) is 23.1. The first kappa shape index (κ1) is 14.9. The van der Waals surface area contributed by atoms with Crippen LogP contribution in [0.4, 0.5) is 0 Å². The lowest BCUT2D eigenvalue weighted by Gasteiger charge is -2.31. The summed E-state index contributed by atoms with van der Waals surface area (Å²) in [6.07, 6.45) is 5.98. The molecule has 1 aliphatic carbocycles. The molecule has 0 saturated heterocycles. The van der Waals surface area contributed by atoms with E-state index in [9.17, 15) is 4.79 Å². The number of benzene rings is 1. The van der Waals surface area contributed by atoms with Gasteiger partial charge in [-0.1, -0.05) is 42.1 Å². The molecule has 0 bridgehead atoms. The molecule has 0 heterocycles. The van der Waals surface area contributed by atoms with Crippen LogP contribution in [0.3, 0.4) is 0 Å². The Bertz CT molecular complexity index is 463. The van der Waals surface area contributed by atoms with Crippen LogP contribution >= 0.6 is 28.6 Å². The number of halogens is 1. The molecule has 1 N–H and O–H groups in total. The highest BCUT2D eigenvalue weighted by molar-refractivity contribution is 9.10. The standard InChI is InChI=1S/C15H20BrNOS/c1-2-10-5-3-4-6-13(10)17-15(18)12-8-7-11(16)9-14(12)19/h7-10,13,19H,2-6H2,1H3,(H,17,18). The van der Waals surface area contributed by atoms with Gasteiger partial charge >= 0.3 is 0 Å². The molecule has 1 aromatic carbocycles. The number of rotatable bonds is 3. The molecule has 0 radical (unpaired) electrons. The molecule has 2 nitrogen and oxygen atoms in total. The van der Waals surface area contributed by atoms with Crippen LogP contribution < -0.4 is 5.32 Å². The van der Waals surface area contributed by atoms with E-state index >= 15 is 0 Å². The number of nitrogens with one attached hydrogen (secondary N) is 1. The topological polar surface area (TPSA) is 29.1 Å². The molecule has 1 saturated carbocycles. The third-order valence-electron chi connectivity index (χ3n) is 3.95. The number of hydrogen-bond donors (Lipinski definition) is 2. The van der Waals surface area contributed by atoms with Crippen molar-refractivity contribution in [1.82, 2.24) is 5.32 Å². The van der Waals surface area contributed by atoms with Crippen LogP contribution in [0, 0.1) is 5.92 Å². The fraction of sp³-hybridized carbons (Fsp3) is 0.533. The van der Waals surface area contributed by atoms with Gasteiger partial charge in [-0.25, -0.2) is 0 Å². The predicted octanol–water partition coefficient (Wildman–Crippen LogP) is 4.44. The third-order valence-corrected chi connectivity index (χ3v) is 4.82. The minimum atomic E-state index is 0.00264. The van der Waals surface area contributed by atoms with Gasteiger partial charge in [-0.3, -0.25) is 4.79 Å². The van der Waals surface area contributed by atoms with Crippen molar-refractivity contribution in [1.29, 1.82) is 0 Å². The van der Waals surface area contributed by atoms with Crippen molar-refractivity contribution in [3.63, 3.8) is 0 Å². The second kappa shape index (κ2) is 6.80. The average molecular weight is 342 g/mol. The van der Waals surface area contributed by atoms with Crippen LogP contribution in [0.1, 0.15) is 49.4 Å². The van der Waals surface area contributed by atoms with Crippen LogP contribution in [0.5, 0.6) is 0 Å². The largest absolute Gasteiger partial charge is 0.349 e. The maximum atomic E-state index is 12.3. The summed E-state index contributed by atoms with van der Waals surface area (Å²) < 4.78 is 0.943. The number of carbonyl (C=O) groups is 1. The lowest BCUT2D eigenvalue weighted by atomic mass is 9.83. The molecule has 1 aromatic rings. The molecule has 19 heavy (non-hydrogen) atoms. The molecule has 2 atom stereocenters. The first-order chi connectivity index (χ1) is 9.11.